The molecule has 0 amide bonds. The lowest BCUT2D eigenvalue weighted by Crippen LogP contribution is -2.32. The number of hydrogen-bond acceptors (Lipinski definition) is 4. The summed E-state index contributed by atoms with van der Waals surface area (Å²) in [6, 6.07) is 9.81. The van der Waals surface area contributed by atoms with Crippen molar-refractivity contribution >= 4 is 41.3 Å². The van der Waals surface area contributed by atoms with Gasteiger partial charge in [0, 0.05) is 44.2 Å². The highest BCUT2D eigenvalue weighted by Gasteiger charge is 2.08. The highest BCUT2D eigenvalue weighted by molar-refractivity contribution is 14.0. The standard InChI is InChI=1S/C21H27N5O2.HI/c1-5-28-18-9-8-16(13-19(18)27-4)25-21(22-3)23-11-10-17-14-26-12-6-7-15(2)20(26)24-17;/h6-9,12-14H,5,10-11H2,1-4H3,(H2,22,23,25);1H. The Balaban J connectivity index is 0.00000300. The van der Waals surface area contributed by atoms with Crippen LogP contribution in [0.1, 0.15) is 18.2 Å². The van der Waals surface area contributed by atoms with Gasteiger partial charge >= 0.3 is 0 Å². The monoisotopic (exact) mass is 509 g/mol. The molecule has 0 saturated heterocycles. The number of aryl methyl sites for hydroxylation is 1. The van der Waals surface area contributed by atoms with Crippen LogP contribution in [0.3, 0.4) is 0 Å². The largest absolute Gasteiger partial charge is 0.493 e. The molecule has 2 aromatic heterocycles. The molecule has 3 aromatic rings. The zero-order valence-corrected chi connectivity index (χ0v) is 19.6. The number of hydrogen-bond donors (Lipinski definition) is 2. The maximum absolute atomic E-state index is 5.55. The minimum atomic E-state index is 0. The third-order valence-electron chi connectivity index (χ3n) is 4.35. The minimum Gasteiger partial charge on any atom is -0.493 e. The highest BCUT2D eigenvalue weighted by atomic mass is 127. The molecular formula is C21H28IN5O2. The molecule has 0 aliphatic heterocycles. The van der Waals surface area contributed by atoms with Gasteiger partial charge in [-0.3, -0.25) is 4.99 Å². The van der Waals surface area contributed by atoms with Crippen LogP contribution in [-0.2, 0) is 6.42 Å². The molecule has 0 unspecified atom stereocenters. The topological polar surface area (TPSA) is 72.2 Å². The van der Waals surface area contributed by atoms with E-state index in [-0.39, 0.29) is 24.0 Å². The smallest absolute Gasteiger partial charge is 0.195 e. The lowest BCUT2D eigenvalue weighted by Gasteiger charge is -2.14. The molecule has 1 aromatic carbocycles. The molecular weight excluding hydrogens is 481 g/mol. The second kappa shape index (κ2) is 10.9. The van der Waals surface area contributed by atoms with Crippen LogP contribution in [-0.4, -0.2) is 42.7 Å². The fourth-order valence-corrected chi connectivity index (χ4v) is 2.97. The first-order valence-corrected chi connectivity index (χ1v) is 9.36. The molecule has 0 fully saturated rings. The number of nitrogens with zero attached hydrogens (tertiary/aromatic N) is 3. The Morgan fingerprint density at radius 2 is 2.07 bits per heavy atom. The van der Waals surface area contributed by atoms with Crippen LogP contribution < -0.4 is 20.1 Å². The molecule has 0 aliphatic carbocycles. The van der Waals surface area contributed by atoms with Gasteiger partial charge in [0.1, 0.15) is 5.65 Å². The van der Waals surface area contributed by atoms with Crippen molar-refractivity contribution in [2.45, 2.75) is 20.3 Å². The van der Waals surface area contributed by atoms with Gasteiger partial charge in [0.2, 0.25) is 0 Å². The SMILES string of the molecule is CCOc1ccc(NC(=NC)NCCc2cn3cccc(C)c3n2)cc1OC.I. The number of pyridine rings is 1. The summed E-state index contributed by atoms with van der Waals surface area (Å²) in [5.74, 6) is 2.09. The van der Waals surface area contributed by atoms with E-state index in [1.54, 1.807) is 14.2 Å². The fraction of sp³-hybridized carbons (Fsp3) is 0.333. The molecule has 8 heteroatoms. The average molecular weight is 509 g/mol. The molecule has 0 spiro atoms. The van der Waals surface area contributed by atoms with Crippen molar-refractivity contribution < 1.29 is 9.47 Å². The second-order valence-corrected chi connectivity index (χ2v) is 6.33. The van der Waals surface area contributed by atoms with Gasteiger partial charge in [0.25, 0.3) is 0 Å². The van der Waals surface area contributed by atoms with Crippen molar-refractivity contribution in [1.29, 1.82) is 0 Å². The van der Waals surface area contributed by atoms with Crippen LogP contribution in [0, 0.1) is 6.92 Å². The quantitative estimate of drug-likeness (QED) is 0.287. The number of imidazole rings is 1. The Kier molecular flexibility index (Phi) is 8.56. The lowest BCUT2D eigenvalue weighted by molar-refractivity contribution is 0.311. The third kappa shape index (κ3) is 5.75. The van der Waals surface area contributed by atoms with Crippen molar-refractivity contribution in [2.75, 3.05) is 32.6 Å². The first kappa shape index (κ1) is 22.8. The first-order chi connectivity index (χ1) is 13.6. The Labute approximate surface area is 188 Å². The molecule has 29 heavy (non-hydrogen) atoms. The molecule has 156 valence electrons. The summed E-state index contributed by atoms with van der Waals surface area (Å²) < 4.78 is 13.0. The van der Waals surface area contributed by atoms with Crippen LogP contribution in [0.25, 0.3) is 5.65 Å². The number of anilines is 1. The van der Waals surface area contributed by atoms with Crippen molar-refractivity contribution in [3.63, 3.8) is 0 Å². The summed E-state index contributed by atoms with van der Waals surface area (Å²) in [5, 5.41) is 6.59. The number of methoxy groups -OCH3 is 1. The minimum absolute atomic E-state index is 0. The second-order valence-electron chi connectivity index (χ2n) is 6.33. The number of aliphatic imine (C=N–C) groups is 1. The number of rotatable bonds is 7. The summed E-state index contributed by atoms with van der Waals surface area (Å²) >= 11 is 0. The third-order valence-corrected chi connectivity index (χ3v) is 4.35. The van der Waals surface area contributed by atoms with Gasteiger partial charge in [0.15, 0.2) is 17.5 Å². The average Bonchev–Trinajstić information content (AvgIpc) is 3.13. The van der Waals surface area contributed by atoms with Crippen LogP contribution in [0.2, 0.25) is 0 Å². The van der Waals surface area contributed by atoms with E-state index in [0.29, 0.717) is 18.3 Å². The Morgan fingerprint density at radius 1 is 1.24 bits per heavy atom. The molecule has 0 saturated carbocycles. The van der Waals surface area contributed by atoms with Crippen molar-refractivity contribution in [1.82, 2.24) is 14.7 Å². The van der Waals surface area contributed by atoms with Crippen molar-refractivity contribution in [3.8, 4) is 11.5 Å². The molecule has 0 bridgehead atoms. The van der Waals surface area contributed by atoms with Gasteiger partial charge in [-0.1, -0.05) is 6.07 Å². The van der Waals surface area contributed by atoms with Crippen LogP contribution in [0.15, 0.2) is 47.7 Å². The fourth-order valence-electron chi connectivity index (χ4n) is 2.97. The van der Waals surface area contributed by atoms with E-state index in [1.165, 1.54) is 5.56 Å². The van der Waals surface area contributed by atoms with E-state index in [9.17, 15) is 0 Å². The molecule has 2 heterocycles. The summed E-state index contributed by atoms with van der Waals surface area (Å²) in [4.78, 5) is 8.98. The van der Waals surface area contributed by atoms with E-state index in [1.807, 2.05) is 37.4 Å². The van der Waals surface area contributed by atoms with Crippen molar-refractivity contribution in [2.24, 2.45) is 4.99 Å². The number of guanidine groups is 1. The van der Waals surface area contributed by atoms with E-state index in [2.05, 4.69) is 39.2 Å². The van der Waals surface area contributed by atoms with E-state index in [4.69, 9.17) is 14.5 Å². The van der Waals surface area contributed by atoms with E-state index in [0.717, 1.165) is 35.7 Å². The first-order valence-electron chi connectivity index (χ1n) is 9.36. The molecule has 0 aliphatic rings. The number of fused-ring (bicyclic) bond motifs is 1. The van der Waals surface area contributed by atoms with Crippen LogP contribution >= 0.6 is 24.0 Å². The molecule has 2 N–H and O–H groups in total. The Hall–Kier alpha value is -2.49. The summed E-state index contributed by atoms with van der Waals surface area (Å²) in [5.41, 5.74) is 4.09. The number of ether oxygens (including phenoxy) is 2. The Bertz CT molecular complexity index is 971. The van der Waals surface area contributed by atoms with Gasteiger partial charge in [0.05, 0.1) is 19.4 Å². The number of nitrogens with one attached hydrogen (secondary N) is 2. The van der Waals surface area contributed by atoms with Gasteiger partial charge < -0.3 is 24.5 Å². The van der Waals surface area contributed by atoms with Gasteiger partial charge in [-0.05, 0) is 37.6 Å². The number of benzene rings is 1. The number of aromatic nitrogens is 2. The predicted octanol–water partition coefficient (Wildman–Crippen LogP) is 3.90. The maximum Gasteiger partial charge on any atom is 0.195 e. The predicted molar refractivity (Wildman–Crippen MR) is 128 cm³/mol. The van der Waals surface area contributed by atoms with Gasteiger partial charge in [-0.25, -0.2) is 4.98 Å². The highest BCUT2D eigenvalue weighted by Crippen LogP contribution is 2.30. The van der Waals surface area contributed by atoms with E-state index >= 15 is 0 Å². The normalized spacial score (nSPS) is 11.1. The zero-order chi connectivity index (χ0) is 19.9. The summed E-state index contributed by atoms with van der Waals surface area (Å²) in [7, 11) is 3.38. The van der Waals surface area contributed by atoms with Crippen LogP contribution in [0.5, 0.6) is 11.5 Å². The zero-order valence-electron chi connectivity index (χ0n) is 17.2. The Morgan fingerprint density at radius 3 is 2.76 bits per heavy atom. The summed E-state index contributed by atoms with van der Waals surface area (Å²) in [6.45, 7) is 5.33. The molecule has 0 atom stereocenters. The van der Waals surface area contributed by atoms with E-state index < -0.39 is 0 Å². The number of halogens is 1. The molecule has 3 rings (SSSR count). The summed E-state index contributed by atoms with van der Waals surface area (Å²) in [6.07, 6.45) is 4.89. The maximum atomic E-state index is 5.55. The molecule has 0 radical (unpaired) electrons. The lowest BCUT2D eigenvalue weighted by atomic mass is 10.2. The van der Waals surface area contributed by atoms with Gasteiger partial charge in [-0.2, -0.15) is 0 Å². The van der Waals surface area contributed by atoms with Crippen LogP contribution in [0.4, 0.5) is 5.69 Å². The van der Waals surface area contributed by atoms with Crippen molar-refractivity contribution in [3.05, 3.63) is 54.0 Å². The van der Waals surface area contributed by atoms with Gasteiger partial charge in [-0.15, -0.1) is 24.0 Å². The molecule has 7 nitrogen and oxygen atoms in total.